The van der Waals surface area contributed by atoms with E-state index in [1.54, 1.807) is 12.1 Å². The zero-order valence-electron chi connectivity index (χ0n) is 15.2. The molecule has 2 aromatic rings. The lowest BCUT2D eigenvalue weighted by atomic mass is 9.94. The SMILES string of the molecule is CCN(CCCc1ccc(C2(C(F)(F)F)CC2)cc1)Cc1ccccc1. The first kappa shape index (κ1) is 19.0. The number of hydrogen-bond donors (Lipinski definition) is 0. The van der Waals surface area contributed by atoms with E-state index in [9.17, 15) is 13.2 Å². The molecule has 0 aliphatic heterocycles. The van der Waals surface area contributed by atoms with Crippen molar-refractivity contribution in [3.8, 4) is 0 Å². The van der Waals surface area contributed by atoms with Gasteiger partial charge in [-0.05, 0) is 55.5 Å². The highest BCUT2D eigenvalue weighted by atomic mass is 19.4. The highest BCUT2D eigenvalue weighted by Gasteiger charge is 2.64. The smallest absolute Gasteiger partial charge is 0.299 e. The van der Waals surface area contributed by atoms with Gasteiger partial charge >= 0.3 is 6.18 Å². The van der Waals surface area contributed by atoms with Crippen LogP contribution in [0.4, 0.5) is 13.2 Å². The first-order valence-electron chi connectivity index (χ1n) is 9.37. The van der Waals surface area contributed by atoms with E-state index in [0.29, 0.717) is 5.56 Å². The lowest BCUT2D eigenvalue weighted by molar-refractivity contribution is -0.160. The van der Waals surface area contributed by atoms with Gasteiger partial charge in [0.1, 0.15) is 0 Å². The van der Waals surface area contributed by atoms with Gasteiger partial charge in [0, 0.05) is 6.54 Å². The van der Waals surface area contributed by atoms with Crippen LogP contribution in [0.2, 0.25) is 0 Å². The predicted octanol–water partition coefficient (Wildman–Crippen LogP) is 5.74. The maximum atomic E-state index is 13.2. The molecule has 140 valence electrons. The first-order valence-corrected chi connectivity index (χ1v) is 9.37. The van der Waals surface area contributed by atoms with Crippen molar-refractivity contribution in [1.29, 1.82) is 0 Å². The standard InChI is InChI=1S/C22H26F3N/c1-2-26(17-19-7-4-3-5-8-19)16-6-9-18-10-12-20(13-11-18)21(14-15-21)22(23,24)25/h3-5,7-8,10-13H,2,6,9,14-17H2,1H3. The number of aryl methyl sites for hydroxylation is 1. The third-order valence-electron chi connectivity index (χ3n) is 5.44. The molecule has 0 unspecified atom stereocenters. The molecule has 3 rings (SSSR count). The van der Waals surface area contributed by atoms with Crippen LogP contribution in [-0.4, -0.2) is 24.2 Å². The van der Waals surface area contributed by atoms with Crippen LogP contribution in [-0.2, 0) is 18.4 Å². The van der Waals surface area contributed by atoms with E-state index in [4.69, 9.17) is 0 Å². The number of hydrogen-bond acceptors (Lipinski definition) is 1. The topological polar surface area (TPSA) is 3.24 Å². The van der Waals surface area contributed by atoms with E-state index >= 15 is 0 Å². The van der Waals surface area contributed by atoms with Crippen LogP contribution in [0.3, 0.4) is 0 Å². The van der Waals surface area contributed by atoms with Crippen molar-refractivity contribution in [3.63, 3.8) is 0 Å². The van der Waals surface area contributed by atoms with Crippen molar-refractivity contribution in [1.82, 2.24) is 4.90 Å². The summed E-state index contributed by atoms with van der Waals surface area (Å²) in [6, 6.07) is 17.5. The van der Waals surface area contributed by atoms with E-state index in [1.165, 1.54) is 5.56 Å². The van der Waals surface area contributed by atoms with Crippen LogP contribution < -0.4 is 0 Å². The number of halogens is 3. The Hall–Kier alpha value is -1.81. The zero-order valence-corrected chi connectivity index (χ0v) is 15.2. The molecule has 0 atom stereocenters. The van der Waals surface area contributed by atoms with Crippen LogP contribution >= 0.6 is 0 Å². The summed E-state index contributed by atoms with van der Waals surface area (Å²) < 4.78 is 39.6. The minimum Gasteiger partial charge on any atom is -0.299 e. The van der Waals surface area contributed by atoms with Crippen molar-refractivity contribution in [2.45, 2.75) is 50.7 Å². The lowest BCUT2D eigenvalue weighted by Crippen LogP contribution is -2.28. The third kappa shape index (κ3) is 4.29. The summed E-state index contributed by atoms with van der Waals surface area (Å²) in [7, 11) is 0. The quantitative estimate of drug-likeness (QED) is 0.580. The van der Waals surface area contributed by atoms with Gasteiger partial charge in [0.2, 0.25) is 0 Å². The van der Waals surface area contributed by atoms with Gasteiger partial charge in [-0.15, -0.1) is 0 Å². The summed E-state index contributed by atoms with van der Waals surface area (Å²) in [5, 5.41) is 0. The number of alkyl halides is 3. The summed E-state index contributed by atoms with van der Waals surface area (Å²) in [6.45, 7) is 5.07. The van der Waals surface area contributed by atoms with Crippen molar-refractivity contribution in [2.24, 2.45) is 0 Å². The molecule has 2 aromatic carbocycles. The molecule has 0 amide bonds. The van der Waals surface area contributed by atoms with Gasteiger partial charge in [0.05, 0.1) is 5.41 Å². The molecular formula is C22H26F3N. The molecule has 0 bridgehead atoms. The maximum absolute atomic E-state index is 13.2. The van der Waals surface area contributed by atoms with Gasteiger partial charge in [-0.3, -0.25) is 4.90 Å². The van der Waals surface area contributed by atoms with Gasteiger partial charge in [-0.1, -0.05) is 61.5 Å². The van der Waals surface area contributed by atoms with Gasteiger partial charge < -0.3 is 0 Å². The van der Waals surface area contributed by atoms with Crippen LogP contribution in [0.15, 0.2) is 54.6 Å². The maximum Gasteiger partial charge on any atom is 0.398 e. The molecule has 4 heteroatoms. The highest BCUT2D eigenvalue weighted by Crippen LogP contribution is 2.58. The average molecular weight is 361 g/mol. The van der Waals surface area contributed by atoms with Crippen LogP contribution in [0.5, 0.6) is 0 Å². The van der Waals surface area contributed by atoms with Crippen LogP contribution in [0.1, 0.15) is 42.9 Å². The predicted molar refractivity (Wildman–Crippen MR) is 99.1 cm³/mol. The highest BCUT2D eigenvalue weighted by molar-refractivity contribution is 5.35. The van der Waals surface area contributed by atoms with Gasteiger partial charge in [-0.25, -0.2) is 0 Å². The second kappa shape index (κ2) is 7.83. The van der Waals surface area contributed by atoms with E-state index in [2.05, 4.69) is 36.1 Å². The molecular weight excluding hydrogens is 335 g/mol. The third-order valence-corrected chi connectivity index (χ3v) is 5.44. The first-order chi connectivity index (χ1) is 12.4. The second-order valence-corrected chi connectivity index (χ2v) is 7.23. The number of benzene rings is 2. The fourth-order valence-electron chi connectivity index (χ4n) is 3.55. The molecule has 1 nitrogen and oxygen atoms in total. The molecule has 26 heavy (non-hydrogen) atoms. The Bertz CT molecular complexity index is 688. The number of nitrogens with zero attached hydrogens (tertiary/aromatic N) is 1. The Labute approximate surface area is 153 Å². The average Bonchev–Trinajstić information content (AvgIpc) is 3.44. The Morgan fingerprint density at radius 1 is 0.923 bits per heavy atom. The largest absolute Gasteiger partial charge is 0.398 e. The monoisotopic (exact) mass is 361 g/mol. The van der Waals surface area contributed by atoms with E-state index in [-0.39, 0.29) is 12.8 Å². The fourth-order valence-corrected chi connectivity index (χ4v) is 3.55. The summed E-state index contributed by atoms with van der Waals surface area (Å²) >= 11 is 0. The summed E-state index contributed by atoms with van der Waals surface area (Å²) in [6.07, 6.45) is -1.79. The Balaban J connectivity index is 1.50. The molecule has 0 radical (unpaired) electrons. The zero-order chi connectivity index (χ0) is 18.6. The van der Waals surface area contributed by atoms with Crippen molar-refractivity contribution >= 4 is 0 Å². The minimum atomic E-state index is -4.13. The summed E-state index contributed by atoms with van der Waals surface area (Å²) in [5.41, 5.74) is 1.27. The van der Waals surface area contributed by atoms with Crippen molar-refractivity contribution in [3.05, 3.63) is 71.3 Å². The Morgan fingerprint density at radius 3 is 2.12 bits per heavy atom. The molecule has 0 aromatic heterocycles. The molecule has 1 aliphatic rings. The molecule has 1 fully saturated rings. The van der Waals surface area contributed by atoms with Crippen molar-refractivity contribution in [2.75, 3.05) is 13.1 Å². The molecule has 0 saturated heterocycles. The lowest BCUT2D eigenvalue weighted by Gasteiger charge is -2.21. The van der Waals surface area contributed by atoms with Gasteiger partial charge in [0.25, 0.3) is 0 Å². The van der Waals surface area contributed by atoms with E-state index in [0.717, 1.165) is 38.0 Å². The molecule has 0 N–H and O–H groups in total. The van der Waals surface area contributed by atoms with E-state index in [1.807, 2.05) is 18.2 Å². The fraction of sp³-hybridized carbons (Fsp3) is 0.455. The Kier molecular flexibility index (Phi) is 5.71. The normalized spacial score (nSPS) is 16.0. The second-order valence-electron chi connectivity index (χ2n) is 7.23. The van der Waals surface area contributed by atoms with Gasteiger partial charge in [0.15, 0.2) is 0 Å². The molecule has 1 aliphatic carbocycles. The molecule has 0 heterocycles. The Morgan fingerprint density at radius 2 is 1.58 bits per heavy atom. The molecule has 0 spiro atoms. The van der Waals surface area contributed by atoms with E-state index < -0.39 is 11.6 Å². The van der Waals surface area contributed by atoms with Crippen molar-refractivity contribution < 1.29 is 13.2 Å². The van der Waals surface area contributed by atoms with Crippen LogP contribution in [0.25, 0.3) is 0 Å². The summed E-state index contributed by atoms with van der Waals surface area (Å²) in [4.78, 5) is 2.40. The van der Waals surface area contributed by atoms with Crippen LogP contribution in [0, 0.1) is 0 Å². The minimum absolute atomic E-state index is 0.223. The van der Waals surface area contributed by atoms with Gasteiger partial charge in [-0.2, -0.15) is 13.2 Å². The molecule has 1 saturated carbocycles. The number of rotatable bonds is 8. The summed E-state index contributed by atoms with van der Waals surface area (Å²) in [5.74, 6) is 0.